The van der Waals surface area contributed by atoms with Gasteiger partial charge in [-0.2, -0.15) is 0 Å². The standard InChI is InChI=1S/C13H16O3/c1-5-10-8-11(6-7-12(10)15-3)9(2)13(14)16-4/h5-9H,1H2,2-4H3. The van der Waals surface area contributed by atoms with Crippen LogP contribution in [0.15, 0.2) is 24.8 Å². The molecule has 1 aromatic rings. The highest BCUT2D eigenvalue weighted by molar-refractivity contribution is 5.78. The average molecular weight is 220 g/mol. The first-order valence-electron chi connectivity index (χ1n) is 5.02. The second-order valence-electron chi connectivity index (χ2n) is 3.45. The Morgan fingerprint density at radius 1 is 1.44 bits per heavy atom. The van der Waals surface area contributed by atoms with Gasteiger partial charge in [0.15, 0.2) is 0 Å². The van der Waals surface area contributed by atoms with Crippen LogP contribution in [0.4, 0.5) is 0 Å². The maximum absolute atomic E-state index is 11.4. The summed E-state index contributed by atoms with van der Waals surface area (Å²) in [7, 11) is 2.99. The van der Waals surface area contributed by atoms with Crippen LogP contribution < -0.4 is 4.74 Å². The van der Waals surface area contributed by atoms with Gasteiger partial charge in [-0.25, -0.2) is 0 Å². The van der Waals surface area contributed by atoms with Crippen molar-refractivity contribution in [3.63, 3.8) is 0 Å². The number of ether oxygens (including phenoxy) is 2. The molecule has 0 aliphatic carbocycles. The summed E-state index contributed by atoms with van der Waals surface area (Å²) in [4.78, 5) is 11.4. The summed E-state index contributed by atoms with van der Waals surface area (Å²) in [5.41, 5.74) is 1.76. The molecule has 16 heavy (non-hydrogen) atoms. The number of carbonyl (C=O) groups excluding carboxylic acids is 1. The zero-order valence-electron chi connectivity index (χ0n) is 9.82. The van der Waals surface area contributed by atoms with Gasteiger partial charge in [-0.15, -0.1) is 0 Å². The second-order valence-corrected chi connectivity index (χ2v) is 3.45. The average Bonchev–Trinajstić information content (AvgIpc) is 2.35. The van der Waals surface area contributed by atoms with Crippen LogP contribution in [0.5, 0.6) is 5.75 Å². The highest BCUT2D eigenvalue weighted by Gasteiger charge is 2.16. The third kappa shape index (κ3) is 2.42. The van der Waals surface area contributed by atoms with E-state index in [9.17, 15) is 4.79 Å². The fourth-order valence-corrected chi connectivity index (χ4v) is 1.49. The molecule has 0 saturated carbocycles. The number of benzene rings is 1. The smallest absolute Gasteiger partial charge is 0.312 e. The van der Waals surface area contributed by atoms with Crippen LogP contribution in [0.2, 0.25) is 0 Å². The molecule has 0 N–H and O–H groups in total. The van der Waals surface area contributed by atoms with Crippen molar-refractivity contribution in [2.75, 3.05) is 14.2 Å². The van der Waals surface area contributed by atoms with Gasteiger partial charge in [0.25, 0.3) is 0 Å². The van der Waals surface area contributed by atoms with Gasteiger partial charge >= 0.3 is 5.97 Å². The molecule has 0 fully saturated rings. The van der Waals surface area contributed by atoms with Gasteiger partial charge in [0.2, 0.25) is 0 Å². The van der Waals surface area contributed by atoms with Gasteiger partial charge in [-0.3, -0.25) is 4.79 Å². The van der Waals surface area contributed by atoms with E-state index in [0.717, 1.165) is 16.9 Å². The SMILES string of the molecule is C=Cc1cc(C(C)C(=O)OC)ccc1OC. The number of hydrogen-bond acceptors (Lipinski definition) is 3. The van der Waals surface area contributed by atoms with E-state index >= 15 is 0 Å². The van der Waals surface area contributed by atoms with Gasteiger partial charge in [-0.05, 0) is 24.6 Å². The fourth-order valence-electron chi connectivity index (χ4n) is 1.49. The Morgan fingerprint density at radius 2 is 2.12 bits per heavy atom. The molecule has 0 heterocycles. The minimum atomic E-state index is -0.283. The number of carbonyl (C=O) groups is 1. The maximum Gasteiger partial charge on any atom is 0.312 e. The van der Waals surface area contributed by atoms with Gasteiger partial charge < -0.3 is 9.47 Å². The Kier molecular flexibility index (Phi) is 4.11. The molecule has 0 spiro atoms. The molecule has 3 nitrogen and oxygen atoms in total. The first kappa shape index (κ1) is 12.3. The summed E-state index contributed by atoms with van der Waals surface area (Å²) in [6.07, 6.45) is 1.70. The molecule has 1 unspecified atom stereocenters. The van der Waals surface area contributed by atoms with Crippen molar-refractivity contribution < 1.29 is 14.3 Å². The van der Waals surface area contributed by atoms with Crippen LogP contribution in [0, 0.1) is 0 Å². The Morgan fingerprint density at radius 3 is 2.62 bits per heavy atom. The number of methoxy groups -OCH3 is 2. The lowest BCUT2D eigenvalue weighted by atomic mass is 9.98. The van der Waals surface area contributed by atoms with Gasteiger partial charge in [-0.1, -0.05) is 18.7 Å². The van der Waals surface area contributed by atoms with Crippen LogP contribution in [0.25, 0.3) is 6.08 Å². The zero-order valence-corrected chi connectivity index (χ0v) is 9.82. The molecular weight excluding hydrogens is 204 g/mol. The summed E-state index contributed by atoms with van der Waals surface area (Å²) in [6.45, 7) is 5.51. The minimum absolute atomic E-state index is 0.250. The molecule has 1 atom stereocenters. The van der Waals surface area contributed by atoms with Gasteiger partial charge in [0, 0.05) is 5.56 Å². The van der Waals surface area contributed by atoms with Crippen LogP contribution in [0.1, 0.15) is 24.0 Å². The van der Waals surface area contributed by atoms with E-state index < -0.39 is 0 Å². The predicted octanol–water partition coefficient (Wildman–Crippen LogP) is 2.61. The molecule has 86 valence electrons. The third-order valence-electron chi connectivity index (χ3n) is 2.53. The van der Waals surface area contributed by atoms with Crippen molar-refractivity contribution >= 4 is 12.0 Å². The van der Waals surface area contributed by atoms with E-state index in [-0.39, 0.29) is 11.9 Å². The molecule has 0 amide bonds. The summed E-state index contributed by atoms with van der Waals surface area (Å²) < 4.78 is 9.87. The van der Waals surface area contributed by atoms with Crippen molar-refractivity contribution in [3.8, 4) is 5.75 Å². The molecule has 0 aliphatic rings. The topological polar surface area (TPSA) is 35.5 Å². The number of rotatable bonds is 4. The van der Waals surface area contributed by atoms with Crippen molar-refractivity contribution in [2.24, 2.45) is 0 Å². The lowest BCUT2D eigenvalue weighted by Gasteiger charge is -2.12. The number of hydrogen-bond donors (Lipinski definition) is 0. The highest BCUT2D eigenvalue weighted by atomic mass is 16.5. The highest BCUT2D eigenvalue weighted by Crippen LogP contribution is 2.25. The molecular formula is C13H16O3. The van der Waals surface area contributed by atoms with E-state index in [1.165, 1.54) is 7.11 Å². The Bertz CT molecular complexity index is 396. The van der Waals surface area contributed by atoms with Crippen LogP contribution in [0.3, 0.4) is 0 Å². The van der Waals surface area contributed by atoms with Gasteiger partial charge in [0.05, 0.1) is 20.1 Å². The van der Waals surface area contributed by atoms with Crippen molar-refractivity contribution in [1.82, 2.24) is 0 Å². The van der Waals surface area contributed by atoms with E-state index in [2.05, 4.69) is 6.58 Å². The van der Waals surface area contributed by atoms with Crippen molar-refractivity contribution in [3.05, 3.63) is 35.9 Å². The molecule has 0 radical (unpaired) electrons. The van der Waals surface area contributed by atoms with E-state index in [1.807, 2.05) is 18.2 Å². The summed E-state index contributed by atoms with van der Waals surface area (Å²) in [5.74, 6) is 0.214. The third-order valence-corrected chi connectivity index (χ3v) is 2.53. The zero-order chi connectivity index (χ0) is 12.1. The lowest BCUT2D eigenvalue weighted by Crippen LogP contribution is -2.10. The monoisotopic (exact) mass is 220 g/mol. The normalized spacial score (nSPS) is 11.7. The largest absolute Gasteiger partial charge is 0.496 e. The van der Waals surface area contributed by atoms with Gasteiger partial charge in [0.1, 0.15) is 5.75 Å². The van der Waals surface area contributed by atoms with E-state index in [4.69, 9.17) is 9.47 Å². The van der Waals surface area contributed by atoms with Crippen LogP contribution in [-0.2, 0) is 9.53 Å². The quantitative estimate of drug-likeness (QED) is 0.732. The molecule has 1 rings (SSSR count). The fraction of sp³-hybridized carbons (Fsp3) is 0.308. The second kappa shape index (κ2) is 5.35. The van der Waals surface area contributed by atoms with Crippen molar-refractivity contribution in [1.29, 1.82) is 0 Å². The molecule has 0 aromatic heterocycles. The predicted molar refractivity (Wildman–Crippen MR) is 63.5 cm³/mol. The Balaban J connectivity index is 3.07. The molecule has 0 saturated heterocycles. The molecule has 0 bridgehead atoms. The molecule has 3 heteroatoms. The van der Waals surface area contributed by atoms with Crippen LogP contribution in [-0.4, -0.2) is 20.2 Å². The lowest BCUT2D eigenvalue weighted by molar-refractivity contribution is -0.141. The summed E-state index contributed by atoms with van der Waals surface area (Å²) >= 11 is 0. The van der Waals surface area contributed by atoms with Crippen molar-refractivity contribution in [2.45, 2.75) is 12.8 Å². The summed E-state index contributed by atoms with van der Waals surface area (Å²) in [5, 5.41) is 0. The first-order valence-corrected chi connectivity index (χ1v) is 5.02. The van der Waals surface area contributed by atoms with Crippen LogP contribution >= 0.6 is 0 Å². The van der Waals surface area contributed by atoms with E-state index in [0.29, 0.717) is 0 Å². The maximum atomic E-state index is 11.4. The Hall–Kier alpha value is -1.77. The molecule has 1 aromatic carbocycles. The number of esters is 1. The Labute approximate surface area is 95.7 Å². The molecule has 0 aliphatic heterocycles. The summed E-state index contributed by atoms with van der Waals surface area (Å²) in [6, 6.07) is 5.56. The van der Waals surface area contributed by atoms with E-state index in [1.54, 1.807) is 20.1 Å². The minimum Gasteiger partial charge on any atom is -0.496 e. The first-order chi connectivity index (χ1) is 7.63.